The van der Waals surface area contributed by atoms with Gasteiger partial charge in [-0.2, -0.15) is 22.6 Å². The maximum Gasteiger partial charge on any atom is 0.416 e. The van der Waals surface area contributed by atoms with Crippen molar-refractivity contribution >= 4 is 15.9 Å². The summed E-state index contributed by atoms with van der Waals surface area (Å²) in [5.74, 6) is -0.163. The Hall–Kier alpha value is -4.52. The number of amides is 1. The Morgan fingerprint density at radius 1 is 1.10 bits per heavy atom. The fourth-order valence-corrected chi connectivity index (χ4v) is 8.91. The summed E-state index contributed by atoms with van der Waals surface area (Å²) in [7, 11) is -1.29. The number of rotatable bonds is 7. The van der Waals surface area contributed by atoms with E-state index in [2.05, 4.69) is 25.6 Å². The van der Waals surface area contributed by atoms with Crippen molar-refractivity contribution in [1.82, 2.24) is 39.3 Å². The number of nitrogens with one attached hydrogen (secondary N) is 1. The predicted molar refractivity (Wildman–Crippen MR) is 179 cm³/mol. The molecule has 52 heavy (non-hydrogen) atoms. The number of sulfonamides is 1. The molecule has 2 saturated heterocycles. The lowest BCUT2D eigenvalue weighted by Crippen LogP contribution is -2.59. The predicted octanol–water partition coefficient (Wildman–Crippen LogP) is 3.31. The Balaban J connectivity index is 1.14. The highest BCUT2D eigenvalue weighted by molar-refractivity contribution is 7.89. The Morgan fingerprint density at radius 3 is 2.62 bits per heavy atom. The van der Waals surface area contributed by atoms with Crippen LogP contribution in [0.4, 0.5) is 13.2 Å². The molecule has 1 spiro atoms. The van der Waals surface area contributed by atoms with E-state index < -0.39 is 50.3 Å². The highest BCUT2D eigenvalue weighted by Crippen LogP contribution is 2.39. The summed E-state index contributed by atoms with van der Waals surface area (Å²) in [4.78, 5) is 15.8. The van der Waals surface area contributed by atoms with Crippen LogP contribution < -0.4 is 14.8 Å². The summed E-state index contributed by atoms with van der Waals surface area (Å²) < 4.78 is 91.8. The summed E-state index contributed by atoms with van der Waals surface area (Å²) in [5, 5.41) is 15.7. The Kier molecular flexibility index (Phi) is 9.75. The van der Waals surface area contributed by atoms with Gasteiger partial charge in [-0.25, -0.2) is 13.1 Å². The number of alkyl halides is 3. The van der Waals surface area contributed by atoms with Gasteiger partial charge in [0.05, 0.1) is 44.4 Å². The summed E-state index contributed by atoms with van der Waals surface area (Å²) >= 11 is 0. The lowest BCUT2D eigenvalue weighted by atomic mass is 9.84. The molecule has 0 aliphatic carbocycles. The average molecular weight is 745 g/mol. The molecule has 0 saturated carbocycles. The highest BCUT2D eigenvalue weighted by Gasteiger charge is 2.48. The van der Waals surface area contributed by atoms with E-state index in [1.165, 1.54) is 11.8 Å². The fourth-order valence-electron chi connectivity index (χ4n) is 7.12. The van der Waals surface area contributed by atoms with Gasteiger partial charge in [0, 0.05) is 63.4 Å². The van der Waals surface area contributed by atoms with Crippen molar-refractivity contribution in [2.45, 2.75) is 67.6 Å². The molecule has 0 radical (unpaired) electrons. The molecule has 14 nitrogen and oxygen atoms in total. The molecule has 7 rings (SSSR count). The molecule has 2 aromatic heterocycles. The van der Waals surface area contributed by atoms with Gasteiger partial charge in [0.1, 0.15) is 33.8 Å². The van der Waals surface area contributed by atoms with Gasteiger partial charge in [-0.05, 0) is 43.2 Å². The van der Waals surface area contributed by atoms with Crippen molar-refractivity contribution in [2.75, 3.05) is 33.4 Å². The number of para-hydroxylation sites is 2. The fraction of sp³-hybridized carbons (Fsp3) is 0.471. The van der Waals surface area contributed by atoms with Crippen molar-refractivity contribution in [3.63, 3.8) is 0 Å². The van der Waals surface area contributed by atoms with Crippen LogP contribution in [0.25, 0.3) is 5.69 Å². The molecule has 18 heteroatoms. The summed E-state index contributed by atoms with van der Waals surface area (Å²) in [6.07, 6.45) is 1.24. The molecule has 0 unspecified atom stereocenters. The molecule has 2 fully saturated rings. The van der Waals surface area contributed by atoms with E-state index in [9.17, 15) is 26.4 Å². The first-order valence-corrected chi connectivity index (χ1v) is 18.3. The minimum absolute atomic E-state index is 0.0112. The van der Waals surface area contributed by atoms with Crippen molar-refractivity contribution in [1.29, 1.82) is 0 Å². The van der Waals surface area contributed by atoms with Crippen LogP contribution in [0, 0.1) is 0 Å². The zero-order valence-electron chi connectivity index (χ0n) is 28.6. The smallest absolute Gasteiger partial charge is 0.416 e. The third-order valence-electron chi connectivity index (χ3n) is 9.92. The highest BCUT2D eigenvalue weighted by atomic mass is 32.2. The maximum absolute atomic E-state index is 14.3. The van der Waals surface area contributed by atoms with Crippen LogP contribution in [0.15, 0.2) is 66.0 Å². The molecule has 3 aliphatic heterocycles. The topological polar surface area (TPSA) is 146 Å². The van der Waals surface area contributed by atoms with Gasteiger partial charge in [0.25, 0.3) is 0 Å². The van der Waals surface area contributed by atoms with Crippen LogP contribution in [0.3, 0.4) is 0 Å². The Bertz CT molecular complexity index is 2030. The van der Waals surface area contributed by atoms with Crippen LogP contribution in [0.5, 0.6) is 11.5 Å². The number of carbonyl (C=O) groups excluding carboxylic acids is 1. The van der Waals surface area contributed by atoms with Gasteiger partial charge in [0.15, 0.2) is 0 Å². The number of carbonyl (C=O) groups is 1. The minimum Gasteiger partial charge on any atom is -0.494 e. The van der Waals surface area contributed by atoms with Crippen LogP contribution in [0.1, 0.15) is 42.5 Å². The van der Waals surface area contributed by atoms with E-state index >= 15 is 0 Å². The van der Waals surface area contributed by atoms with E-state index in [1.807, 2.05) is 31.6 Å². The van der Waals surface area contributed by atoms with Gasteiger partial charge < -0.3 is 19.5 Å². The molecular formula is C34H39F3N8O6S. The van der Waals surface area contributed by atoms with Crippen LogP contribution in [0.2, 0.25) is 0 Å². The van der Waals surface area contributed by atoms with E-state index in [4.69, 9.17) is 14.2 Å². The molecule has 2 aromatic carbocycles. The van der Waals surface area contributed by atoms with E-state index in [0.717, 1.165) is 22.0 Å². The summed E-state index contributed by atoms with van der Waals surface area (Å²) in [5.41, 5.74) is 0.272. The second-order valence-electron chi connectivity index (χ2n) is 13.4. The average Bonchev–Trinajstić information content (AvgIpc) is 3.88. The number of benzene rings is 2. The first-order chi connectivity index (χ1) is 24.8. The number of ether oxygens (including phenoxy) is 3. The first-order valence-electron chi connectivity index (χ1n) is 16.9. The molecule has 0 bridgehead atoms. The number of hydrogen-bond donors (Lipinski definition) is 1. The van der Waals surface area contributed by atoms with E-state index in [-0.39, 0.29) is 31.9 Å². The minimum atomic E-state index is -4.81. The number of aryl methyl sites for hydroxylation is 1. The molecule has 3 aliphatic rings. The van der Waals surface area contributed by atoms with Gasteiger partial charge >= 0.3 is 6.18 Å². The van der Waals surface area contributed by atoms with E-state index in [1.54, 1.807) is 23.0 Å². The number of piperidine rings is 1. The lowest BCUT2D eigenvalue weighted by molar-refractivity contribution is -0.137. The van der Waals surface area contributed by atoms with Crippen molar-refractivity contribution in [2.24, 2.45) is 7.05 Å². The van der Waals surface area contributed by atoms with Crippen LogP contribution >= 0.6 is 0 Å². The third kappa shape index (κ3) is 7.37. The third-order valence-corrected chi connectivity index (χ3v) is 11.8. The standard InChI is InChI=1S/C34H39F3N8O6S/c1-42-18-23(17-38-42)19-43-12-9-33(10-13-43)11-14-50-30-8-7-24(34(35,36)37)15-31(30)52(47,48)45-21-26(16-28(45)32(46)39-33)51-22-25-20-44(41-40-25)27-5-3-4-6-29(27)49-2/h3-8,15,17-18,20,26,28H,9-14,16,19,21-22H2,1-2H3,(H,39,46)/t26-,28+/m1/s1. The lowest BCUT2D eigenvalue weighted by Gasteiger charge is -2.43. The summed E-state index contributed by atoms with van der Waals surface area (Å²) in [6.45, 7) is 1.63. The number of nitrogens with zero attached hydrogens (tertiary/aromatic N) is 7. The first kappa shape index (κ1) is 35.9. The second kappa shape index (κ2) is 14.1. The molecule has 5 heterocycles. The number of methoxy groups -OCH3 is 1. The van der Waals surface area contributed by atoms with Crippen LogP contribution in [-0.2, 0) is 45.9 Å². The number of halogens is 3. The molecular weight excluding hydrogens is 705 g/mol. The van der Waals surface area contributed by atoms with Crippen LogP contribution in [-0.4, -0.2) is 99.3 Å². The van der Waals surface area contributed by atoms with E-state index in [0.29, 0.717) is 62.1 Å². The number of likely N-dealkylation sites (tertiary alicyclic amines) is 1. The van der Waals surface area contributed by atoms with Crippen molar-refractivity contribution in [3.05, 3.63) is 77.9 Å². The maximum atomic E-state index is 14.3. The Labute approximate surface area is 298 Å². The zero-order chi connectivity index (χ0) is 36.7. The zero-order valence-corrected chi connectivity index (χ0v) is 29.4. The largest absolute Gasteiger partial charge is 0.494 e. The molecule has 1 N–H and O–H groups in total. The van der Waals surface area contributed by atoms with Gasteiger partial charge in [-0.3, -0.25) is 14.4 Å². The Morgan fingerprint density at radius 2 is 1.88 bits per heavy atom. The van der Waals surface area contributed by atoms with Crippen molar-refractivity contribution in [3.8, 4) is 17.2 Å². The number of hydrogen-bond acceptors (Lipinski definition) is 10. The summed E-state index contributed by atoms with van der Waals surface area (Å²) in [6, 6.07) is 8.40. The van der Waals surface area contributed by atoms with Gasteiger partial charge in [-0.15, -0.1) is 5.10 Å². The quantitative estimate of drug-likeness (QED) is 0.299. The second-order valence-corrected chi connectivity index (χ2v) is 15.3. The van der Waals surface area contributed by atoms with Gasteiger partial charge in [0.2, 0.25) is 15.9 Å². The SMILES string of the molecule is COc1ccccc1-n1cc(CO[C@@H]2C[C@H]3C(=O)NC4(CCOc5ccc(C(F)(F)F)cc5S(=O)(=O)N3C2)CCN(Cc2cnn(C)c2)CC4)nn1. The number of fused-ring (bicyclic) bond motifs is 2. The van der Waals surface area contributed by atoms with Gasteiger partial charge in [-0.1, -0.05) is 17.3 Å². The normalized spacial score (nSPS) is 22.2. The number of aromatic nitrogens is 5. The molecule has 1 amide bonds. The van der Waals surface area contributed by atoms with Crippen molar-refractivity contribution < 1.29 is 40.6 Å². The molecule has 2 atom stereocenters. The molecule has 4 aromatic rings. The monoisotopic (exact) mass is 744 g/mol. The molecule has 278 valence electrons.